The predicted octanol–water partition coefficient (Wildman–Crippen LogP) is 9.95. The monoisotopic (exact) mass is 789 g/mol. The highest BCUT2D eigenvalue weighted by Crippen LogP contribution is 2.21. The van der Waals surface area contributed by atoms with Crippen molar-refractivity contribution in [3.8, 4) is 22.8 Å². The number of amides is 1. The third kappa shape index (κ3) is 12.5. The summed E-state index contributed by atoms with van der Waals surface area (Å²) in [7, 11) is 0. The molecule has 0 unspecified atom stereocenters. The van der Waals surface area contributed by atoms with Crippen molar-refractivity contribution in [3.05, 3.63) is 144 Å². The molecule has 10 nitrogen and oxygen atoms in total. The number of piperidine rings is 1. The number of carbonyl (C=O) groups excluding carboxylic acids is 1. The minimum absolute atomic E-state index is 0. The molecule has 2 aromatic carbocycles. The molecule has 304 valence electrons. The first-order valence-electron chi connectivity index (χ1n) is 19.8. The van der Waals surface area contributed by atoms with E-state index >= 15 is 0 Å². The topological polar surface area (TPSA) is 119 Å². The molecule has 0 bridgehead atoms. The second kappa shape index (κ2) is 22.0. The summed E-state index contributed by atoms with van der Waals surface area (Å²) in [5.74, 6) is -1.56. The van der Waals surface area contributed by atoms with E-state index < -0.39 is 5.97 Å². The Balaban J connectivity index is 0.000000193. The Morgan fingerprint density at radius 3 is 1.38 bits per heavy atom. The zero-order valence-corrected chi connectivity index (χ0v) is 32.1. The summed E-state index contributed by atoms with van der Waals surface area (Å²) in [6.45, 7) is 2.52. The van der Waals surface area contributed by atoms with Gasteiger partial charge >= 0.3 is 5.97 Å². The van der Waals surface area contributed by atoms with Crippen molar-refractivity contribution in [2.75, 3.05) is 13.1 Å². The van der Waals surface area contributed by atoms with Crippen LogP contribution in [0, 0.1) is 11.6 Å². The molecule has 5 heterocycles. The maximum atomic E-state index is 13.1. The smallest absolute Gasteiger partial charge is 0.354 e. The number of benzene rings is 2. The van der Waals surface area contributed by atoms with Crippen LogP contribution in [0.25, 0.3) is 22.8 Å². The Morgan fingerprint density at radius 2 is 0.966 bits per heavy atom. The summed E-state index contributed by atoms with van der Waals surface area (Å²) >= 11 is 0. The van der Waals surface area contributed by atoms with Crippen molar-refractivity contribution in [2.24, 2.45) is 0 Å². The van der Waals surface area contributed by atoms with Gasteiger partial charge in [-0.05, 0) is 97.8 Å². The van der Waals surface area contributed by atoms with Crippen molar-refractivity contribution in [3.63, 3.8) is 0 Å². The van der Waals surface area contributed by atoms with E-state index in [0.29, 0.717) is 48.7 Å². The number of rotatable bonds is 10. The minimum Gasteiger partial charge on any atom is -0.477 e. The van der Waals surface area contributed by atoms with Gasteiger partial charge in [-0.15, -0.1) is 0 Å². The number of aromatic carboxylic acids is 1. The van der Waals surface area contributed by atoms with Gasteiger partial charge in [-0.2, -0.15) is 10.2 Å². The zero-order valence-electron chi connectivity index (χ0n) is 32.1. The highest BCUT2D eigenvalue weighted by molar-refractivity contribution is 5.93. The van der Waals surface area contributed by atoms with Crippen LogP contribution in [0.2, 0.25) is 0 Å². The van der Waals surface area contributed by atoms with Gasteiger partial charge in [0.05, 0.1) is 11.4 Å². The van der Waals surface area contributed by atoms with Crippen LogP contribution in [0.4, 0.5) is 8.78 Å². The van der Waals surface area contributed by atoms with Gasteiger partial charge in [-0.3, -0.25) is 24.1 Å². The number of pyridine rings is 2. The van der Waals surface area contributed by atoms with Crippen molar-refractivity contribution >= 4 is 11.9 Å². The number of nitrogens with zero attached hydrogens (tertiary/aromatic N) is 7. The van der Waals surface area contributed by atoms with Crippen LogP contribution in [0.1, 0.15) is 97.3 Å². The van der Waals surface area contributed by atoms with Crippen LogP contribution in [-0.2, 0) is 25.9 Å². The number of halogens is 2. The third-order valence-corrected chi connectivity index (χ3v) is 10.0. The second-order valence-corrected chi connectivity index (χ2v) is 14.2. The molecule has 2 fully saturated rings. The molecule has 1 aliphatic heterocycles. The first kappa shape index (κ1) is 43.1. The fraction of sp³-hybridized carbons (Fsp3) is 0.348. The van der Waals surface area contributed by atoms with Gasteiger partial charge in [0.25, 0.3) is 5.91 Å². The Labute approximate surface area is 339 Å². The average molecular weight is 790 g/mol. The summed E-state index contributed by atoms with van der Waals surface area (Å²) < 4.78 is 29.3. The van der Waals surface area contributed by atoms with E-state index in [1.807, 2.05) is 35.2 Å². The molecule has 0 spiro atoms. The summed E-state index contributed by atoms with van der Waals surface area (Å²) in [4.78, 5) is 35.0. The highest BCUT2D eigenvalue weighted by atomic mass is 19.1. The van der Waals surface area contributed by atoms with E-state index in [9.17, 15) is 23.5 Å². The van der Waals surface area contributed by atoms with E-state index in [-0.39, 0.29) is 30.7 Å². The standard InChI is InChI=1S/C22H23FN4O.C17H14FN3O2.C6H12.CH4/c23-18-9-7-17(8-10-18)11-15-27-21(22(28)26-13-4-1-5-14-26)16-20(25-27)19-6-2-3-12-24-19;18-13-6-4-12(5-7-13)8-10-21-16(17(22)23)11-15(20-21)14-3-1-2-9-19-14;1-2-4-6-5-3-1;/h2-3,6-10,12,16H,1,4-5,11,13-15H2;1-7,9,11H,8,10H2,(H,22,23);1-6H2;1H4. The molecule has 1 aliphatic carbocycles. The van der Waals surface area contributed by atoms with Crippen molar-refractivity contribution in [1.29, 1.82) is 0 Å². The second-order valence-electron chi connectivity index (χ2n) is 14.2. The molecule has 1 N–H and O–H groups in total. The fourth-order valence-corrected chi connectivity index (χ4v) is 6.89. The van der Waals surface area contributed by atoms with Crippen molar-refractivity contribution in [2.45, 2.75) is 91.1 Å². The van der Waals surface area contributed by atoms with Crippen LogP contribution in [0.15, 0.2) is 109 Å². The fourth-order valence-electron chi connectivity index (χ4n) is 6.89. The molecule has 1 saturated heterocycles. The Bertz CT molecular complexity index is 2130. The molecule has 2 aliphatic rings. The van der Waals surface area contributed by atoms with Gasteiger partial charge in [-0.25, -0.2) is 13.6 Å². The molecule has 1 amide bonds. The number of hydrogen-bond donors (Lipinski definition) is 1. The number of hydrogen-bond acceptors (Lipinski definition) is 6. The number of carboxylic acids is 1. The molecule has 0 atom stereocenters. The lowest BCUT2D eigenvalue weighted by molar-refractivity contribution is 0.0680. The van der Waals surface area contributed by atoms with E-state index in [4.69, 9.17) is 0 Å². The Kier molecular flexibility index (Phi) is 16.4. The molecule has 6 aromatic rings. The largest absolute Gasteiger partial charge is 0.477 e. The number of carbonyl (C=O) groups is 2. The van der Waals surface area contributed by atoms with E-state index in [2.05, 4.69) is 20.2 Å². The third-order valence-electron chi connectivity index (χ3n) is 10.0. The van der Waals surface area contributed by atoms with E-state index in [1.54, 1.807) is 53.5 Å². The van der Waals surface area contributed by atoms with Crippen LogP contribution in [0.3, 0.4) is 0 Å². The predicted molar refractivity (Wildman–Crippen MR) is 222 cm³/mol. The number of aromatic nitrogens is 6. The van der Waals surface area contributed by atoms with Crippen LogP contribution >= 0.6 is 0 Å². The zero-order chi connectivity index (χ0) is 39.8. The average Bonchev–Trinajstić information content (AvgIpc) is 3.91. The Morgan fingerprint density at radius 1 is 0.552 bits per heavy atom. The maximum Gasteiger partial charge on any atom is 0.354 e. The molecule has 58 heavy (non-hydrogen) atoms. The van der Waals surface area contributed by atoms with Gasteiger partial charge in [0, 0.05) is 44.6 Å². The van der Waals surface area contributed by atoms with Gasteiger partial charge < -0.3 is 10.0 Å². The summed E-state index contributed by atoms with van der Waals surface area (Å²) in [6, 6.07) is 27.0. The van der Waals surface area contributed by atoms with Gasteiger partial charge in [0.15, 0.2) is 0 Å². The van der Waals surface area contributed by atoms with Gasteiger partial charge in [0.1, 0.15) is 34.4 Å². The summed E-state index contributed by atoms with van der Waals surface area (Å²) in [6.07, 6.45) is 16.8. The molecule has 8 rings (SSSR count). The lowest BCUT2D eigenvalue weighted by Gasteiger charge is -2.26. The number of carboxylic acid groups (broad SMARTS) is 1. The molecular weight excluding hydrogens is 737 g/mol. The SMILES string of the molecule is C.C1CCCCC1.O=C(O)c1cc(-c2ccccn2)nn1CCc1ccc(F)cc1.O=C(c1cc(-c2ccccn2)nn1CCc1ccc(F)cc1)N1CCCCC1. The molecular formula is C46H53F2N7O3. The van der Waals surface area contributed by atoms with Crippen LogP contribution in [-0.4, -0.2) is 64.5 Å². The summed E-state index contributed by atoms with van der Waals surface area (Å²) in [5, 5.41) is 18.3. The maximum absolute atomic E-state index is 13.1. The van der Waals surface area contributed by atoms with Gasteiger partial charge in [-0.1, -0.05) is 82.3 Å². The Hall–Kier alpha value is -6.04. The first-order chi connectivity index (χ1) is 27.8. The van der Waals surface area contributed by atoms with Crippen molar-refractivity contribution < 1.29 is 23.5 Å². The van der Waals surface area contributed by atoms with E-state index in [1.165, 1.54) is 80.0 Å². The molecule has 4 aromatic heterocycles. The van der Waals surface area contributed by atoms with Crippen LogP contribution in [0.5, 0.6) is 0 Å². The number of aryl methyl sites for hydroxylation is 4. The lowest BCUT2D eigenvalue weighted by atomic mass is 10.0. The first-order valence-corrected chi connectivity index (χ1v) is 19.8. The quantitative estimate of drug-likeness (QED) is 0.147. The van der Waals surface area contributed by atoms with E-state index in [0.717, 1.165) is 42.8 Å². The molecule has 1 saturated carbocycles. The van der Waals surface area contributed by atoms with Gasteiger partial charge in [0.2, 0.25) is 0 Å². The number of likely N-dealkylation sites (tertiary alicyclic amines) is 1. The molecule has 12 heteroatoms. The highest BCUT2D eigenvalue weighted by Gasteiger charge is 2.24. The minimum atomic E-state index is -1.04. The van der Waals surface area contributed by atoms with Crippen molar-refractivity contribution in [1.82, 2.24) is 34.4 Å². The normalized spacial score (nSPS) is 13.6. The lowest BCUT2D eigenvalue weighted by Crippen LogP contribution is -2.36. The summed E-state index contributed by atoms with van der Waals surface area (Å²) in [5.41, 5.74) is 5.19. The molecule has 0 radical (unpaired) electrons. The van der Waals surface area contributed by atoms with Crippen LogP contribution < -0.4 is 0 Å².